The number of rotatable bonds is 17. The minimum atomic E-state index is 0.740. The van der Waals surface area contributed by atoms with Crippen molar-refractivity contribution in [1.82, 2.24) is 0 Å². The third kappa shape index (κ3) is 11.6. The summed E-state index contributed by atoms with van der Waals surface area (Å²) < 4.78 is 12.2. The molecule has 1 aromatic rings. The molecule has 2 saturated carbocycles. The molecule has 2 heteroatoms. The zero-order valence-electron chi connectivity index (χ0n) is 23.3. The molecule has 0 spiro atoms. The molecule has 0 aromatic heterocycles. The van der Waals surface area contributed by atoms with E-state index >= 15 is 0 Å². The topological polar surface area (TPSA) is 18.5 Å². The molecular formula is C33H56O2. The first kappa shape index (κ1) is 28.4. The summed E-state index contributed by atoms with van der Waals surface area (Å²) in [4.78, 5) is 0. The van der Waals surface area contributed by atoms with Crippen molar-refractivity contribution in [2.75, 3.05) is 13.2 Å². The minimum absolute atomic E-state index is 0.740. The fraction of sp³-hybridized carbons (Fsp3) is 0.818. The third-order valence-electron chi connectivity index (χ3n) is 8.95. The Balaban J connectivity index is 1.20. The standard InChI is InChI=1S/C33H56O2/c1-3-5-7-9-12-29-14-16-30(17-15-29)13-10-26-34-32-22-24-33(25-23-32)35-27-31-20-18-28(19-21-31)11-8-6-4-2/h22-25,28-31H,3-21,26-27H2,1-2H3/t28-,29-,30-,31-. The summed E-state index contributed by atoms with van der Waals surface area (Å²) in [5.74, 6) is 5.65. The lowest BCUT2D eigenvalue weighted by molar-refractivity contribution is 0.177. The number of ether oxygens (including phenoxy) is 2. The zero-order chi connectivity index (χ0) is 24.6. The van der Waals surface area contributed by atoms with Gasteiger partial charge in [-0.1, -0.05) is 110 Å². The molecule has 0 atom stereocenters. The van der Waals surface area contributed by atoms with Gasteiger partial charge in [-0.3, -0.25) is 0 Å². The average molecular weight is 485 g/mol. The van der Waals surface area contributed by atoms with Gasteiger partial charge in [-0.15, -0.1) is 0 Å². The summed E-state index contributed by atoms with van der Waals surface area (Å²) in [5, 5.41) is 0. The van der Waals surface area contributed by atoms with E-state index in [2.05, 4.69) is 38.1 Å². The van der Waals surface area contributed by atoms with Crippen LogP contribution in [0.1, 0.15) is 136 Å². The van der Waals surface area contributed by atoms with Gasteiger partial charge in [-0.2, -0.15) is 0 Å². The Morgan fingerprint density at radius 3 is 1.49 bits per heavy atom. The average Bonchev–Trinajstić information content (AvgIpc) is 2.90. The first-order chi connectivity index (χ1) is 17.3. The number of benzene rings is 1. The van der Waals surface area contributed by atoms with Gasteiger partial charge in [0, 0.05) is 0 Å². The maximum Gasteiger partial charge on any atom is 0.119 e. The molecule has 35 heavy (non-hydrogen) atoms. The Labute approximate surface area is 218 Å². The maximum atomic E-state index is 6.13. The fourth-order valence-corrected chi connectivity index (χ4v) is 6.45. The normalized spacial score (nSPS) is 24.9. The van der Waals surface area contributed by atoms with Gasteiger partial charge in [0.05, 0.1) is 13.2 Å². The third-order valence-corrected chi connectivity index (χ3v) is 8.95. The van der Waals surface area contributed by atoms with Crippen LogP contribution in [-0.4, -0.2) is 13.2 Å². The van der Waals surface area contributed by atoms with Crippen LogP contribution in [0, 0.1) is 23.7 Å². The molecule has 0 unspecified atom stereocenters. The highest BCUT2D eigenvalue weighted by atomic mass is 16.5. The Bertz CT molecular complexity index is 623. The maximum absolute atomic E-state index is 6.13. The van der Waals surface area contributed by atoms with Crippen LogP contribution in [0.15, 0.2) is 24.3 Å². The van der Waals surface area contributed by atoms with Gasteiger partial charge < -0.3 is 9.47 Å². The lowest BCUT2D eigenvalue weighted by atomic mass is 9.78. The van der Waals surface area contributed by atoms with E-state index in [0.717, 1.165) is 48.4 Å². The molecule has 200 valence electrons. The summed E-state index contributed by atoms with van der Waals surface area (Å²) >= 11 is 0. The van der Waals surface area contributed by atoms with Gasteiger partial charge in [0.2, 0.25) is 0 Å². The molecule has 0 bridgehead atoms. The number of hydrogen-bond donors (Lipinski definition) is 0. The Hall–Kier alpha value is -1.18. The molecule has 0 saturated heterocycles. The molecule has 2 fully saturated rings. The predicted molar refractivity (Wildman–Crippen MR) is 150 cm³/mol. The van der Waals surface area contributed by atoms with Crippen LogP contribution < -0.4 is 9.47 Å². The second-order valence-electron chi connectivity index (χ2n) is 11.9. The van der Waals surface area contributed by atoms with Crippen molar-refractivity contribution in [3.63, 3.8) is 0 Å². The summed E-state index contributed by atoms with van der Waals surface area (Å²) in [6, 6.07) is 8.36. The zero-order valence-corrected chi connectivity index (χ0v) is 23.3. The van der Waals surface area contributed by atoms with Crippen molar-refractivity contribution in [3.8, 4) is 11.5 Å². The highest BCUT2D eigenvalue weighted by Crippen LogP contribution is 2.35. The van der Waals surface area contributed by atoms with E-state index in [1.165, 1.54) is 122 Å². The molecular weight excluding hydrogens is 428 g/mol. The van der Waals surface area contributed by atoms with Crippen LogP contribution in [0.4, 0.5) is 0 Å². The van der Waals surface area contributed by atoms with E-state index in [1.807, 2.05) is 0 Å². The quantitative estimate of drug-likeness (QED) is 0.205. The second-order valence-corrected chi connectivity index (χ2v) is 11.9. The Morgan fingerprint density at radius 1 is 0.514 bits per heavy atom. The van der Waals surface area contributed by atoms with Crippen molar-refractivity contribution in [1.29, 1.82) is 0 Å². The Kier molecular flexibility index (Phi) is 14.0. The molecule has 2 aliphatic carbocycles. The van der Waals surface area contributed by atoms with Crippen LogP contribution in [0.3, 0.4) is 0 Å². The van der Waals surface area contributed by atoms with E-state index in [4.69, 9.17) is 9.47 Å². The van der Waals surface area contributed by atoms with E-state index in [9.17, 15) is 0 Å². The molecule has 1 aromatic carbocycles. The molecule has 0 amide bonds. The van der Waals surface area contributed by atoms with Crippen LogP contribution in [-0.2, 0) is 0 Å². The second kappa shape index (κ2) is 17.3. The van der Waals surface area contributed by atoms with Gasteiger partial charge in [-0.25, -0.2) is 0 Å². The lowest BCUT2D eigenvalue weighted by Crippen LogP contribution is -2.20. The van der Waals surface area contributed by atoms with E-state index < -0.39 is 0 Å². The predicted octanol–water partition coefficient (Wildman–Crippen LogP) is 10.4. The van der Waals surface area contributed by atoms with Crippen molar-refractivity contribution < 1.29 is 9.47 Å². The molecule has 0 N–H and O–H groups in total. The molecule has 0 radical (unpaired) electrons. The van der Waals surface area contributed by atoms with Gasteiger partial charge in [-0.05, 0) is 73.6 Å². The van der Waals surface area contributed by atoms with E-state index in [1.54, 1.807) is 0 Å². The smallest absolute Gasteiger partial charge is 0.119 e. The molecule has 3 rings (SSSR count). The number of unbranched alkanes of at least 4 members (excludes halogenated alkanes) is 5. The summed E-state index contributed by atoms with van der Waals surface area (Å²) in [6.45, 7) is 6.33. The van der Waals surface area contributed by atoms with Crippen molar-refractivity contribution in [2.45, 2.75) is 136 Å². The first-order valence-corrected chi connectivity index (χ1v) is 15.6. The van der Waals surface area contributed by atoms with Gasteiger partial charge in [0.1, 0.15) is 11.5 Å². The fourth-order valence-electron chi connectivity index (χ4n) is 6.45. The van der Waals surface area contributed by atoms with Gasteiger partial charge in [0.15, 0.2) is 0 Å². The Morgan fingerprint density at radius 2 is 0.943 bits per heavy atom. The van der Waals surface area contributed by atoms with Gasteiger partial charge in [0.25, 0.3) is 0 Å². The van der Waals surface area contributed by atoms with Crippen molar-refractivity contribution in [3.05, 3.63) is 24.3 Å². The molecule has 0 heterocycles. The van der Waals surface area contributed by atoms with E-state index in [-0.39, 0.29) is 0 Å². The van der Waals surface area contributed by atoms with E-state index in [0.29, 0.717) is 0 Å². The van der Waals surface area contributed by atoms with Gasteiger partial charge >= 0.3 is 0 Å². The summed E-state index contributed by atoms with van der Waals surface area (Å²) in [7, 11) is 0. The summed E-state index contributed by atoms with van der Waals surface area (Å²) in [5.41, 5.74) is 0. The molecule has 2 aliphatic rings. The SMILES string of the molecule is CCCCCC[C@H]1CC[C@H](CCCOc2ccc(OC[C@H]3CC[C@H](CCCCC)CC3)cc2)CC1. The minimum Gasteiger partial charge on any atom is -0.494 e. The highest BCUT2D eigenvalue weighted by molar-refractivity contribution is 5.31. The molecule has 2 nitrogen and oxygen atoms in total. The van der Waals surface area contributed by atoms with Crippen LogP contribution in [0.5, 0.6) is 11.5 Å². The van der Waals surface area contributed by atoms with Crippen molar-refractivity contribution >= 4 is 0 Å². The van der Waals surface area contributed by atoms with Crippen molar-refractivity contribution in [2.24, 2.45) is 23.7 Å². The number of hydrogen-bond acceptors (Lipinski definition) is 2. The van der Waals surface area contributed by atoms with Crippen LogP contribution in [0.2, 0.25) is 0 Å². The van der Waals surface area contributed by atoms with Crippen LogP contribution in [0.25, 0.3) is 0 Å². The molecule has 0 aliphatic heterocycles. The largest absolute Gasteiger partial charge is 0.494 e. The highest BCUT2D eigenvalue weighted by Gasteiger charge is 2.22. The first-order valence-electron chi connectivity index (χ1n) is 15.6. The summed E-state index contributed by atoms with van der Waals surface area (Å²) in [6.07, 6.45) is 26.7. The lowest BCUT2D eigenvalue weighted by Gasteiger charge is -2.28. The van der Waals surface area contributed by atoms with Crippen LogP contribution >= 0.6 is 0 Å². The monoisotopic (exact) mass is 484 g/mol.